The van der Waals surface area contributed by atoms with Gasteiger partial charge in [0.05, 0.1) is 3.94 Å². The van der Waals surface area contributed by atoms with E-state index < -0.39 is 0 Å². The summed E-state index contributed by atoms with van der Waals surface area (Å²) < 4.78 is 0.581. The molecule has 0 saturated carbocycles. The van der Waals surface area contributed by atoms with E-state index in [-0.39, 0.29) is 0 Å². The Labute approximate surface area is 52.5 Å². The van der Waals surface area contributed by atoms with E-state index in [0.29, 0.717) is 3.94 Å². The summed E-state index contributed by atoms with van der Waals surface area (Å²) in [6.45, 7) is 0. The first-order chi connectivity index (χ1) is 2.27. The van der Waals surface area contributed by atoms with Crippen molar-refractivity contribution in [2.75, 3.05) is 0 Å². The van der Waals surface area contributed by atoms with E-state index in [1.807, 2.05) is 0 Å². The Bertz CT molecular complexity index is 45.6. The van der Waals surface area contributed by atoms with E-state index in [1.54, 1.807) is 4.99 Å². The average Bonchev–Trinajstić information content (AvgIpc) is 1.38. The predicted octanol–water partition coefficient (Wildman–Crippen LogP) is 2.81. The predicted molar refractivity (Wildman–Crippen MR) is 31.8 cm³/mol. The maximum absolute atomic E-state index is 5.19. The van der Waals surface area contributed by atoms with Crippen molar-refractivity contribution in [1.29, 1.82) is 0 Å². The summed E-state index contributed by atoms with van der Waals surface area (Å²) in [6, 6.07) is 0. The summed E-state index contributed by atoms with van der Waals surface area (Å²) >= 11 is 11.1. The largest absolute Gasteiger partial charge is 0.0902 e. The smallest absolute Gasteiger partial charge is 0.0756 e. The minimum Gasteiger partial charge on any atom is -0.0756 e. The lowest BCUT2D eigenvalue weighted by Crippen LogP contribution is -1.31. The van der Waals surface area contributed by atoms with Gasteiger partial charge in [0, 0.05) is 4.99 Å². The lowest BCUT2D eigenvalue weighted by Gasteiger charge is -1.65. The van der Waals surface area contributed by atoms with E-state index in [2.05, 4.69) is 31.9 Å². The Morgan fingerprint density at radius 2 is 2.00 bits per heavy atom. The molecular weight excluding hydrogens is 219 g/mol. The molecule has 0 aromatic rings. The van der Waals surface area contributed by atoms with Gasteiger partial charge in [-0.1, -0.05) is 27.5 Å². The Kier molecular flexibility index (Phi) is 3.82. The molecule has 0 saturated heterocycles. The lowest BCUT2D eigenvalue weighted by atomic mass is 11.3. The molecule has 0 radical (unpaired) electrons. The fourth-order valence-electron chi connectivity index (χ4n) is 0. The van der Waals surface area contributed by atoms with E-state index in [4.69, 9.17) is 11.6 Å². The highest BCUT2D eigenvalue weighted by atomic mass is 79.9. The molecular formula is C2HBr2Cl. The third-order valence-electron chi connectivity index (χ3n) is 0.0825. The highest BCUT2D eigenvalue weighted by Crippen LogP contribution is 2.10. The van der Waals surface area contributed by atoms with Crippen LogP contribution in [0.1, 0.15) is 0 Å². The molecule has 0 N–H and O–H groups in total. The van der Waals surface area contributed by atoms with Gasteiger partial charge in [0.15, 0.2) is 0 Å². The molecule has 0 spiro atoms. The highest BCUT2D eigenvalue weighted by Gasteiger charge is 1.69. The Morgan fingerprint density at radius 1 is 1.80 bits per heavy atom. The summed E-state index contributed by atoms with van der Waals surface area (Å²) in [5.41, 5.74) is 0. The van der Waals surface area contributed by atoms with Gasteiger partial charge in [0.25, 0.3) is 0 Å². The van der Waals surface area contributed by atoms with Crippen molar-refractivity contribution in [3.63, 3.8) is 0 Å². The first-order valence-corrected chi connectivity index (χ1v) is 2.97. The van der Waals surface area contributed by atoms with Gasteiger partial charge in [0.2, 0.25) is 0 Å². The van der Waals surface area contributed by atoms with Crippen LogP contribution >= 0.6 is 43.5 Å². The topological polar surface area (TPSA) is 0 Å². The molecule has 0 amide bonds. The second kappa shape index (κ2) is 3.19. The van der Waals surface area contributed by atoms with Crippen LogP contribution in [0.4, 0.5) is 0 Å². The molecule has 0 atom stereocenters. The fraction of sp³-hybridized carbons (Fsp3) is 0. The quantitative estimate of drug-likeness (QED) is 0.589. The maximum atomic E-state index is 5.19. The van der Waals surface area contributed by atoms with Crippen molar-refractivity contribution in [3.8, 4) is 0 Å². The molecule has 0 heterocycles. The number of halogens is 3. The van der Waals surface area contributed by atoms with Gasteiger partial charge in [-0.25, -0.2) is 0 Å². The van der Waals surface area contributed by atoms with Crippen LogP contribution in [-0.2, 0) is 0 Å². The van der Waals surface area contributed by atoms with Gasteiger partial charge in [-0.05, 0) is 15.9 Å². The molecule has 0 rings (SSSR count). The standard InChI is InChI=1S/C2HBr2Cl/c3-1-2(4)5/h1H. The van der Waals surface area contributed by atoms with Gasteiger partial charge >= 0.3 is 0 Å². The van der Waals surface area contributed by atoms with Crippen molar-refractivity contribution in [2.45, 2.75) is 0 Å². The monoisotopic (exact) mass is 218 g/mol. The Hall–Kier alpha value is 0.990. The zero-order valence-corrected chi connectivity index (χ0v) is 6.14. The molecule has 0 nitrogen and oxygen atoms in total. The van der Waals surface area contributed by atoms with Gasteiger partial charge in [-0.3, -0.25) is 0 Å². The minimum atomic E-state index is 0.581. The summed E-state index contributed by atoms with van der Waals surface area (Å²) in [4.78, 5) is 1.58. The van der Waals surface area contributed by atoms with Gasteiger partial charge < -0.3 is 0 Å². The van der Waals surface area contributed by atoms with Crippen molar-refractivity contribution in [2.24, 2.45) is 0 Å². The summed E-state index contributed by atoms with van der Waals surface area (Å²) in [5, 5.41) is 0. The molecule has 0 aliphatic heterocycles. The third kappa shape index (κ3) is 4.99. The molecule has 0 aromatic carbocycles. The molecule has 0 fully saturated rings. The molecule has 3 heteroatoms. The second-order valence-corrected chi connectivity index (χ2v) is 2.57. The molecule has 0 aromatic heterocycles. The van der Waals surface area contributed by atoms with Crippen LogP contribution in [0, 0.1) is 0 Å². The molecule has 30 valence electrons. The first kappa shape index (κ1) is 5.99. The van der Waals surface area contributed by atoms with Crippen molar-refractivity contribution >= 4 is 43.5 Å². The van der Waals surface area contributed by atoms with Crippen LogP contribution in [0.3, 0.4) is 0 Å². The summed E-state index contributed by atoms with van der Waals surface area (Å²) in [7, 11) is 0. The van der Waals surface area contributed by atoms with Crippen LogP contribution in [0.25, 0.3) is 0 Å². The molecule has 0 aliphatic carbocycles. The van der Waals surface area contributed by atoms with Crippen LogP contribution < -0.4 is 0 Å². The van der Waals surface area contributed by atoms with Crippen LogP contribution in [-0.4, -0.2) is 0 Å². The van der Waals surface area contributed by atoms with Crippen LogP contribution in [0.15, 0.2) is 8.93 Å². The number of hydrogen-bond donors (Lipinski definition) is 0. The van der Waals surface area contributed by atoms with Gasteiger partial charge in [0.1, 0.15) is 0 Å². The van der Waals surface area contributed by atoms with Crippen LogP contribution in [0.5, 0.6) is 0 Å². The number of hydrogen-bond acceptors (Lipinski definition) is 0. The minimum absolute atomic E-state index is 0.581. The van der Waals surface area contributed by atoms with E-state index in [9.17, 15) is 0 Å². The van der Waals surface area contributed by atoms with E-state index in [1.165, 1.54) is 0 Å². The van der Waals surface area contributed by atoms with E-state index >= 15 is 0 Å². The van der Waals surface area contributed by atoms with Crippen molar-refractivity contribution in [1.82, 2.24) is 0 Å². The molecule has 0 aliphatic rings. The lowest BCUT2D eigenvalue weighted by molar-refractivity contribution is 2.49. The molecule has 5 heavy (non-hydrogen) atoms. The maximum Gasteiger partial charge on any atom is 0.0902 e. The summed E-state index contributed by atoms with van der Waals surface area (Å²) in [6.07, 6.45) is 0. The molecule has 0 bridgehead atoms. The number of rotatable bonds is 0. The van der Waals surface area contributed by atoms with E-state index in [0.717, 1.165) is 0 Å². The fourth-order valence-corrected chi connectivity index (χ4v) is 0. The normalized spacial score (nSPS) is 12.2. The average molecular weight is 220 g/mol. The Balaban J connectivity index is 3.14. The zero-order chi connectivity index (χ0) is 4.28. The second-order valence-electron chi connectivity index (χ2n) is 0.399. The van der Waals surface area contributed by atoms with Gasteiger partial charge in [-0.2, -0.15) is 0 Å². The Morgan fingerprint density at radius 3 is 2.00 bits per heavy atom. The van der Waals surface area contributed by atoms with Crippen molar-refractivity contribution < 1.29 is 0 Å². The molecule has 0 unspecified atom stereocenters. The highest BCUT2D eigenvalue weighted by molar-refractivity contribution is 9.14. The zero-order valence-electron chi connectivity index (χ0n) is 2.21. The van der Waals surface area contributed by atoms with Crippen LogP contribution in [0.2, 0.25) is 0 Å². The van der Waals surface area contributed by atoms with Gasteiger partial charge in [-0.15, -0.1) is 0 Å². The van der Waals surface area contributed by atoms with Crippen molar-refractivity contribution in [3.05, 3.63) is 8.93 Å². The third-order valence-corrected chi connectivity index (χ3v) is 1.76. The SMILES string of the molecule is ClC(Br)=CBr. The summed E-state index contributed by atoms with van der Waals surface area (Å²) in [5.74, 6) is 0. The first-order valence-electron chi connectivity index (χ1n) is 0.885.